The molecule has 2 aliphatic heterocycles. The summed E-state index contributed by atoms with van der Waals surface area (Å²) < 4.78 is 0. The zero-order chi connectivity index (χ0) is 17.3. The molecule has 2 bridgehead atoms. The number of carbonyl (C=O) groups is 3. The van der Waals surface area contributed by atoms with Crippen LogP contribution in [0.15, 0.2) is 30.3 Å². The molecular weight excluding hydrogens is 308 g/mol. The molecule has 0 unspecified atom stereocenters. The maximum atomic E-state index is 12.6. The summed E-state index contributed by atoms with van der Waals surface area (Å²) in [7, 11) is 0. The molecule has 1 aromatic rings. The Labute approximate surface area is 140 Å². The Hall–Kier alpha value is -2.37. The number of amides is 2. The van der Waals surface area contributed by atoms with Gasteiger partial charge in [-0.2, -0.15) is 0 Å². The fraction of sp³-hybridized carbons (Fsp3) is 0.500. The van der Waals surface area contributed by atoms with E-state index < -0.39 is 11.4 Å². The Morgan fingerprint density at radius 2 is 1.96 bits per heavy atom. The van der Waals surface area contributed by atoms with Crippen molar-refractivity contribution in [1.82, 2.24) is 10.2 Å². The summed E-state index contributed by atoms with van der Waals surface area (Å²) in [6, 6.07) is 8.44. The molecule has 6 heteroatoms. The third-order valence-corrected chi connectivity index (χ3v) is 5.52. The molecule has 3 atom stereocenters. The van der Waals surface area contributed by atoms with Crippen LogP contribution in [-0.4, -0.2) is 46.4 Å². The zero-order valence-corrected chi connectivity index (χ0v) is 13.7. The van der Waals surface area contributed by atoms with Gasteiger partial charge in [-0.05, 0) is 37.8 Å². The lowest BCUT2D eigenvalue weighted by atomic mass is 9.72. The molecule has 2 heterocycles. The van der Waals surface area contributed by atoms with Gasteiger partial charge in [-0.3, -0.25) is 14.4 Å². The first kappa shape index (κ1) is 16.5. The van der Waals surface area contributed by atoms with Crippen molar-refractivity contribution < 1.29 is 19.5 Å². The van der Waals surface area contributed by atoms with Gasteiger partial charge in [0.25, 0.3) is 5.91 Å². The number of benzene rings is 1. The van der Waals surface area contributed by atoms with Crippen molar-refractivity contribution in [2.75, 3.05) is 6.54 Å². The molecule has 0 aliphatic carbocycles. The van der Waals surface area contributed by atoms with Crippen LogP contribution < -0.4 is 5.32 Å². The highest BCUT2D eigenvalue weighted by molar-refractivity contribution is 5.96. The minimum absolute atomic E-state index is 0.0211. The average molecular weight is 330 g/mol. The number of carbonyl (C=O) groups excluding carboxylic acids is 2. The molecule has 2 amide bonds. The van der Waals surface area contributed by atoms with Gasteiger partial charge in [0.1, 0.15) is 0 Å². The van der Waals surface area contributed by atoms with E-state index in [1.807, 2.05) is 13.0 Å². The van der Waals surface area contributed by atoms with Crippen molar-refractivity contribution in [3.8, 4) is 0 Å². The predicted octanol–water partition coefficient (Wildman–Crippen LogP) is 1.66. The zero-order valence-electron chi connectivity index (χ0n) is 13.7. The normalized spacial score (nSPS) is 28.0. The van der Waals surface area contributed by atoms with E-state index in [0.29, 0.717) is 18.4 Å². The van der Waals surface area contributed by atoms with E-state index in [0.717, 1.165) is 12.8 Å². The van der Waals surface area contributed by atoms with Crippen molar-refractivity contribution in [1.29, 1.82) is 0 Å². The maximum absolute atomic E-state index is 12.6. The second-order valence-electron chi connectivity index (χ2n) is 6.62. The fourth-order valence-corrected chi connectivity index (χ4v) is 4.26. The van der Waals surface area contributed by atoms with Gasteiger partial charge >= 0.3 is 5.97 Å². The molecule has 24 heavy (non-hydrogen) atoms. The van der Waals surface area contributed by atoms with Crippen LogP contribution in [0.25, 0.3) is 0 Å². The molecule has 3 rings (SSSR count). The molecule has 2 fully saturated rings. The predicted molar refractivity (Wildman–Crippen MR) is 87.4 cm³/mol. The Balaban J connectivity index is 1.66. The second-order valence-corrected chi connectivity index (χ2v) is 6.62. The highest BCUT2D eigenvalue weighted by Gasteiger charge is 2.60. The van der Waals surface area contributed by atoms with Gasteiger partial charge in [0.05, 0.1) is 12.0 Å². The van der Waals surface area contributed by atoms with E-state index in [1.165, 1.54) is 0 Å². The van der Waals surface area contributed by atoms with Gasteiger partial charge in [-0.1, -0.05) is 25.1 Å². The monoisotopic (exact) mass is 330 g/mol. The molecule has 128 valence electrons. The molecule has 1 aromatic carbocycles. The number of carboxylic acids is 1. The highest BCUT2D eigenvalue weighted by atomic mass is 16.4. The summed E-state index contributed by atoms with van der Waals surface area (Å²) in [6.45, 7) is 1.77. The number of carboxylic acid groups (broad SMARTS) is 1. The summed E-state index contributed by atoms with van der Waals surface area (Å²) in [5.41, 5.74) is -0.328. The number of rotatable bonds is 5. The van der Waals surface area contributed by atoms with Crippen LogP contribution in [0, 0.1) is 5.41 Å². The lowest BCUT2D eigenvalue weighted by molar-refractivity contribution is -0.151. The average Bonchev–Trinajstić information content (AvgIpc) is 3.16. The number of hydrogen-bond acceptors (Lipinski definition) is 3. The van der Waals surface area contributed by atoms with Crippen molar-refractivity contribution in [3.63, 3.8) is 0 Å². The van der Waals surface area contributed by atoms with E-state index in [4.69, 9.17) is 0 Å². The quantitative estimate of drug-likeness (QED) is 0.859. The van der Waals surface area contributed by atoms with Crippen LogP contribution in [-0.2, 0) is 9.59 Å². The van der Waals surface area contributed by atoms with Crippen LogP contribution in [0.3, 0.4) is 0 Å². The Bertz CT molecular complexity index is 660. The largest absolute Gasteiger partial charge is 0.481 e. The molecule has 0 saturated carbocycles. The third-order valence-electron chi connectivity index (χ3n) is 5.52. The standard InChI is InChI=1S/C18H22N2O4/c1-2-18(17(23)24)10-13-8-9-14(18)20(13)15(21)11-19-16(22)12-6-4-3-5-7-12/h3-7,13-14H,2,8-11H2,1H3,(H,19,22)(H,23,24)/t13-,14+,18+/m0/s1. The Morgan fingerprint density at radius 3 is 2.54 bits per heavy atom. The lowest BCUT2D eigenvalue weighted by Gasteiger charge is -2.32. The van der Waals surface area contributed by atoms with E-state index in [-0.39, 0.29) is 30.4 Å². The minimum atomic E-state index is -0.831. The van der Waals surface area contributed by atoms with Gasteiger partial charge < -0.3 is 15.3 Å². The minimum Gasteiger partial charge on any atom is -0.481 e. The molecule has 0 aromatic heterocycles. The molecular formula is C18H22N2O4. The first-order valence-electron chi connectivity index (χ1n) is 8.37. The number of hydrogen-bond donors (Lipinski definition) is 2. The summed E-state index contributed by atoms with van der Waals surface area (Å²) in [5, 5.41) is 12.3. The van der Waals surface area contributed by atoms with E-state index in [9.17, 15) is 19.5 Å². The molecule has 2 saturated heterocycles. The van der Waals surface area contributed by atoms with E-state index >= 15 is 0 Å². The van der Waals surface area contributed by atoms with Crippen LogP contribution in [0.5, 0.6) is 0 Å². The maximum Gasteiger partial charge on any atom is 0.311 e. The van der Waals surface area contributed by atoms with E-state index in [1.54, 1.807) is 29.2 Å². The number of nitrogens with zero attached hydrogens (tertiary/aromatic N) is 1. The number of aliphatic carboxylic acids is 1. The molecule has 0 spiro atoms. The summed E-state index contributed by atoms with van der Waals surface area (Å²) in [4.78, 5) is 38.1. The van der Waals surface area contributed by atoms with Gasteiger partial charge in [0, 0.05) is 17.6 Å². The molecule has 2 aliphatic rings. The number of nitrogens with one attached hydrogen (secondary N) is 1. The van der Waals surface area contributed by atoms with Gasteiger partial charge in [-0.25, -0.2) is 0 Å². The summed E-state index contributed by atoms with van der Waals surface area (Å²) in [5.74, 6) is -1.30. The molecule has 0 radical (unpaired) electrons. The van der Waals surface area contributed by atoms with Gasteiger partial charge in [0.2, 0.25) is 5.91 Å². The smallest absolute Gasteiger partial charge is 0.311 e. The SMILES string of the molecule is CC[C@@]1(C(=O)O)C[C@@H]2CC[C@H]1N2C(=O)CNC(=O)c1ccccc1. The molecule has 6 nitrogen and oxygen atoms in total. The third kappa shape index (κ3) is 2.56. The van der Waals surface area contributed by atoms with Crippen molar-refractivity contribution >= 4 is 17.8 Å². The number of fused-ring (bicyclic) bond motifs is 2. The second kappa shape index (κ2) is 6.26. The Morgan fingerprint density at radius 1 is 1.25 bits per heavy atom. The van der Waals surface area contributed by atoms with Crippen LogP contribution >= 0.6 is 0 Å². The topological polar surface area (TPSA) is 86.7 Å². The summed E-state index contributed by atoms with van der Waals surface area (Å²) >= 11 is 0. The highest BCUT2D eigenvalue weighted by Crippen LogP contribution is 2.51. The molecule has 2 N–H and O–H groups in total. The van der Waals surface area contributed by atoms with Crippen molar-refractivity contribution in [3.05, 3.63) is 35.9 Å². The Kier molecular flexibility index (Phi) is 4.30. The first-order valence-corrected chi connectivity index (χ1v) is 8.37. The first-order chi connectivity index (χ1) is 11.5. The van der Waals surface area contributed by atoms with Gasteiger partial charge in [0.15, 0.2) is 0 Å². The van der Waals surface area contributed by atoms with Gasteiger partial charge in [-0.15, -0.1) is 0 Å². The summed E-state index contributed by atoms with van der Waals surface area (Å²) in [6.07, 6.45) is 2.60. The van der Waals surface area contributed by atoms with Crippen LogP contribution in [0.2, 0.25) is 0 Å². The van der Waals surface area contributed by atoms with Crippen molar-refractivity contribution in [2.45, 2.75) is 44.7 Å². The van der Waals surface area contributed by atoms with E-state index in [2.05, 4.69) is 5.32 Å². The van der Waals surface area contributed by atoms with Crippen molar-refractivity contribution in [2.24, 2.45) is 5.41 Å². The van der Waals surface area contributed by atoms with Crippen LogP contribution in [0.4, 0.5) is 0 Å². The van der Waals surface area contributed by atoms with Crippen LogP contribution in [0.1, 0.15) is 43.0 Å². The lowest BCUT2D eigenvalue weighted by Crippen LogP contribution is -2.47. The fourth-order valence-electron chi connectivity index (χ4n) is 4.26.